The van der Waals surface area contributed by atoms with Gasteiger partial charge in [-0.05, 0) is 19.1 Å². The van der Waals surface area contributed by atoms with E-state index in [2.05, 4.69) is 15.5 Å². The Kier molecular flexibility index (Phi) is 3.10. The molecule has 0 aliphatic carbocycles. The average molecular weight is 217 g/mol. The van der Waals surface area contributed by atoms with Crippen LogP contribution in [0, 0.1) is 0 Å². The second kappa shape index (κ2) is 4.70. The van der Waals surface area contributed by atoms with Crippen LogP contribution < -0.4 is 10.1 Å². The Balaban J connectivity index is 2.38. The lowest BCUT2D eigenvalue weighted by Crippen LogP contribution is -1.93. The smallest absolute Gasteiger partial charge is 0.148 e. The Morgan fingerprint density at radius 3 is 2.88 bits per heavy atom. The van der Waals surface area contributed by atoms with Gasteiger partial charge in [-0.3, -0.25) is 5.10 Å². The van der Waals surface area contributed by atoms with E-state index in [-0.39, 0.29) is 0 Å². The van der Waals surface area contributed by atoms with Crippen molar-refractivity contribution in [3.05, 3.63) is 30.3 Å². The van der Waals surface area contributed by atoms with Gasteiger partial charge in [0.2, 0.25) is 0 Å². The largest absolute Gasteiger partial charge is 0.493 e. The summed E-state index contributed by atoms with van der Waals surface area (Å²) < 4.78 is 5.57. The van der Waals surface area contributed by atoms with Crippen molar-refractivity contribution in [1.82, 2.24) is 10.2 Å². The minimum absolute atomic E-state index is 0.657. The van der Waals surface area contributed by atoms with Gasteiger partial charge < -0.3 is 10.1 Å². The molecule has 4 nitrogen and oxygen atoms in total. The molecule has 2 N–H and O–H groups in total. The summed E-state index contributed by atoms with van der Waals surface area (Å²) in [6.07, 6.45) is 0. The SMILES string of the molecule is CCOc1ccccc1-c1cc(NC)n[nH]1. The molecule has 84 valence electrons. The molecule has 0 unspecified atom stereocenters. The van der Waals surface area contributed by atoms with Gasteiger partial charge in [0, 0.05) is 18.7 Å². The van der Waals surface area contributed by atoms with Crippen LogP contribution in [0.25, 0.3) is 11.3 Å². The minimum Gasteiger partial charge on any atom is -0.493 e. The van der Waals surface area contributed by atoms with Crippen LogP contribution in [0.15, 0.2) is 30.3 Å². The highest BCUT2D eigenvalue weighted by atomic mass is 16.5. The molecule has 0 aliphatic rings. The van der Waals surface area contributed by atoms with Gasteiger partial charge in [0.1, 0.15) is 11.6 Å². The summed E-state index contributed by atoms with van der Waals surface area (Å²) in [6.45, 7) is 2.63. The lowest BCUT2D eigenvalue weighted by atomic mass is 10.1. The van der Waals surface area contributed by atoms with Crippen molar-refractivity contribution in [2.45, 2.75) is 6.92 Å². The summed E-state index contributed by atoms with van der Waals surface area (Å²) in [7, 11) is 1.84. The number of aromatic nitrogens is 2. The molecule has 2 aromatic rings. The molecule has 2 rings (SSSR count). The summed E-state index contributed by atoms with van der Waals surface area (Å²) in [5.41, 5.74) is 1.98. The molecule has 0 radical (unpaired) electrons. The van der Waals surface area contributed by atoms with Crippen LogP contribution in [-0.2, 0) is 0 Å². The van der Waals surface area contributed by atoms with Crippen molar-refractivity contribution in [3.63, 3.8) is 0 Å². The minimum atomic E-state index is 0.657. The number of nitrogens with one attached hydrogen (secondary N) is 2. The number of ether oxygens (including phenoxy) is 1. The third-order valence-electron chi connectivity index (χ3n) is 2.31. The third-order valence-corrected chi connectivity index (χ3v) is 2.31. The first kappa shape index (κ1) is 10.5. The molecule has 1 heterocycles. The molecule has 4 heteroatoms. The van der Waals surface area contributed by atoms with Crippen LogP contribution in [0.3, 0.4) is 0 Å². The molecule has 0 saturated heterocycles. The van der Waals surface area contributed by atoms with E-state index in [0.29, 0.717) is 6.61 Å². The molecule has 0 amide bonds. The van der Waals surface area contributed by atoms with E-state index < -0.39 is 0 Å². The summed E-state index contributed by atoms with van der Waals surface area (Å²) in [4.78, 5) is 0. The van der Waals surface area contributed by atoms with Crippen LogP contribution in [-0.4, -0.2) is 23.9 Å². The lowest BCUT2D eigenvalue weighted by molar-refractivity contribution is 0.341. The summed E-state index contributed by atoms with van der Waals surface area (Å²) >= 11 is 0. The molecule has 0 spiro atoms. The highest BCUT2D eigenvalue weighted by Gasteiger charge is 2.07. The van der Waals surface area contributed by atoms with Crippen molar-refractivity contribution in [1.29, 1.82) is 0 Å². The van der Waals surface area contributed by atoms with Gasteiger partial charge in [-0.25, -0.2) is 0 Å². The molecular formula is C12H15N3O. The van der Waals surface area contributed by atoms with Gasteiger partial charge in [0.05, 0.1) is 12.3 Å². The van der Waals surface area contributed by atoms with Gasteiger partial charge in [-0.15, -0.1) is 0 Å². The zero-order valence-corrected chi connectivity index (χ0v) is 9.45. The van der Waals surface area contributed by atoms with E-state index in [1.54, 1.807) is 0 Å². The van der Waals surface area contributed by atoms with E-state index in [0.717, 1.165) is 22.8 Å². The maximum absolute atomic E-state index is 5.57. The van der Waals surface area contributed by atoms with Gasteiger partial charge in [0.25, 0.3) is 0 Å². The van der Waals surface area contributed by atoms with Crippen LogP contribution in [0.5, 0.6) is 5.75 Å². The zero-order chi connectivity index (χ0) is 11.4. The van der Waals surface area contributed by atoms with Crippen molar-refractivity contribution in [3.8, 4) is 17.0 Å². The fourth-order valence-electron chi connectivity index (χ4n) is 1.56. The number of nitrogens with zero attached hydrogens (tertiary/aromatic N) is 1. The molecule has 1 aromatic carbocycles. The first-order valence-electron chi connectivity index (χ1n) is 5.30. The average Bonchev–Trinajstić information content (AvgIpc) is 2.79. The summed E-state index contributed by atoms with van der Waals surface area (Å²) in [5, 5.41) is 10.1. The third kappa shape index (κ3) is 2.00. The molecule has 0 fully saturated rings. The second-order valence-electron chi connectivity index (χ2n) is 3.35. The number of para-hydroxylation sites is 1. The van der Waals surface area contributed by atoms with Crippen LogP contribution in [0.2, 0.25) is 0 Å². The standard InChI is InChI=1S/C12H15N3O/c1-3-16-11-7-5-4-6-9(11)10-8-12(13-2)15-14-10/h4-8H,3H2,1-2H3,(H2,13,14,15). The highest BCUT2D eigenvalue weighted by Crippen LogP contribution is 2.29. The number of H-pyrrole nitrogens is 1. The van der Waals surface area contributed by atoms with Gasteiger partial charge in [-0.1, -0.05) is 12.1 Å². The molecule has 1 aromatic heterocycles. The Morgan fingerprint density at radius 1 is 1.38 bits per heavy atom. The number of hydrogen-bond acceptors (Lipinski definition) is 3. The van der Waals surface area contributed by atoms with E-state index in [4.69, 9.17) is 4.74 Å². The molecular weight excluding hydrogens is 202 g/mol. The maximum Gasteiger partial charge on any atom is 0.148 e. The first-order chi connectivity index (χ1) is 7.85. The molecule has 0 bridgehead atoms. The Hall–Kier alpha value is -1.97. The predicted molar refractivity (Wildman–Crippen MR) is 64.7 cm³/mol. The van der Waals surface area contributed by atoms with Gasteiger partial charge in [-0.2, -0.15) is 5.10 Å². The predicted octanol–water partition coefficient (Wildman–Crippen LogP) is 2.52. The molecule has 0 saturated carbocycles. The van der Waals surface area contributed by atoms with Crippen molar-refractivity contribution < 1.29 is 4.74 Å². The Labute approximate surface area is 94.6 Å². The van der Waals surface area contributed by atoms with E-state index in [1.165, 1.54) is 0 Å². The van der Waals surface area contributed by atoms with Gasteiger partial charge >= 0.3 is 0 Å². The monoisotopic (exact) mass is 217 g/mol. The van der Waals surface area contributed by atoms with Gasteiger partial charge in [0.15, 0.2) is 0 Å². The lowest BCUT2D eigenvalue weighted by Gasteiger charge is -2.07. The fraction of sp³-hybridized carbons (Fsp3) is 0.250. The maximum atomic E-state index is 5.57. The van der Waals surface area contributed by atoms with Crippen molar-refractivity contribution in [2.75, 3.05) is 19.0 Å². The fourth-order valence-corrected chi connectivity index (χ4v) is 1.56. The normalized spacial score (nSPS) is 10.1. The summed E-state index contributed by atoms with van der Waals surface area (Å²) in [5.74, 6) is 1.69. The van der Waals surface area contributed by atoms with E-state index in [1.807, 2.05) is 44.3 Å². The number of benzene rings is 1. The van der Waals surface area contributed by atoms with Crippen molar-refractivity contribution in [2.24, 2.45) is 0 Å². The number of aromatic amines is 1. The topological polar surface area (TPSA) is 49.9 Å². The van der Waals surface area contributed by atoms with Crippen LogP contribution in [0.1, 0.15) is 6.92 Å². The highest BCUT2D eigenvalue weighted by molar-refractivity contribution is 5.69. The Morgan fingerprint density at radius 2 is 2.19 bits per heavy atom. The quantitative estimate of drug-likeness (QED) is 0.827. The molecule has 0 atom stereocenters. The molecule has 0 aliphatic heterocycles. The van der Waals surface area contributed by atoms with Crippen LogP contribution in [0.4, 0.5) is 5.82 Å². The first-order valence-corrected chi connectivity index (χ1v) is 5.30. The number of anilines is 1. The summed E-state index contributed by atoms with van der Waals surface area (Å²) in [6, 6.07) is 9.87. The van der Waals surface area contributed by atoms with E-state index >= 15 is 0 Å². The van der Waals surface area contributed by atoms with E-state index in [9.17, 15) is 0 Å². The Bertz CT molecular complexity index is 465. The van der Waals surface area contributed by atoms with Crippen LogP contribution >= 0.6 is 0 Å². The molecule has 16 heavy (non-hydrogen) atoms. The zero-order valence-electron chi connectivity index (χ0n) is 9.45. The van der Waals surface area contributed by atoms with Crippen molar-refractivity contribution >= 4 is 5.82 Å². The number of hydrogen-bond donors (Lipinski definition) is 2. The second-order valence-corrected chi connectivity index (χ2v) is 3.35. The number of rotatable bonds is 4.